The first-order valence-electron chi connectivity index (χ1n) is 10.0. The maximum atomic E-state index is 13.1. The Morgan fingerprint density at radius 2 is 1.84 bits per heavy atom. The number of carbonyl (C=O) groups is 2. The quantitative estimate of drug-likeness (QED) is 0.633. The van der Waals surface area contributed by atoms with Crippen molar-refractivity contribution in [1.82, 2.24) is 9.97 Å². The average molecular weight is 417 g/mol. The number of para-hydroxylation sites is 1. The second-order valence-corrected chi connectivity index (χ2v) is 7.42. The van der Waals surface area contributed by atoms with E-state index in [-0.39, 0.29) is 17.5 Å². The Morgan fingerprint density at radius 1 is 1.13 bits per heavy atom. The van der Waals surface area contributed by atoms with Gasteiger partial charge in [-0.05, 0) is 49.7 Å². The number of benzene rings is 2. The highest BCUT2D eigenvalue weighted by Gasteiger charge is 2.32. The number of nitrogens with zero attached hydrogens (tertiary/aromatic N) is 4. The smallest absolute Gasteiger partial charge is 0.335 e. The molecule has 4 rings (SSSR count). The first kappa shape index (κ1) is 20.3. The van der Waals surface area contributed by atoms with Crippen molar-refractivity contribution in [3.8, 4) is 0 Å². The van der Waals surface area contributed by atoms with E-state index in [1.807, 2.05) is 24.3 Å². The molecule has 1 aliphatic rings. The fraction of sp³-hybridized carbons (Fsp3) is 0.217. The maximum absolute atomic E-state index is 13.1. The van der Waals surface area contributed by atoms with Gasteiger partial charge in [0.2, 0.25) is 5.95 Å². The molecule has 0 spiro atoms. The molecule has 31 heavy (non-hydrogen) atoms. The number of hydrogen-bond acceptors (Lipinski definition) is 6. The molecule has 0 saturated heterocycles. The molecular weight excluding hydrogens is 394 g/mol. The van der Waals surface area contributed by atoms with Gasteiger partial charge >= 0.3 is 5.97 Å². The van der Waals surface area contributed by atoms with E-state index in [2.05, 4.69) is 29.0 Å². The number of carbonyl (C=O) groups excluding carboxylic acids is 1. The normalized spacial score (nSPS) is 13.8. The van der Waals surface area contributed by atoms with Crippen molar-refractivity contribution in [2.45, 2.75) is 26.3 Å². The van der Waals surface area contributed by atoms with Crippen molar-refractivity contribution in [3.63, 3.8) is 0 Å². The van der Waals surface area contributed by atoms with Gasteiger partial charge in [-0.3, -0.25) is 4.79 Å². The van der Waals surface area contributed by atoms with Gasteiger partial charge in [-0.15, -0.1) is 0 Å². The highest BCUT2D eigenvalue weighted by molar-refractivity contribution is 6.13. The third-order valence-electron chi connectivity index (χ3n) is 5.46. The highest BCUT2D eigenvalue weighted by atomic mass is 16.4. The standard InChI is InChI=1S/C23H23N5O3/c1-4-14(2)28-18-8-6-5-7-17(18)21(29)27(3)19-13-24-23(26-20(19)28)25-16-11-9-15(10-12-16)22(30)31/h5-14H,4H2,1-3H3,(H,30,31)(H,24,25,26). The molecule has 3 aromatic rings. The Labute approximate surface area is 180 Å². The summed E-state index contributed by atoms with van der Waals surface area (Å²) >= 11 is 0. The monoisotopic (exact) mass is 417 g/mol. The lowest BCUT2D eigenvalue weighted by Gasteiger charge is -2.30. The van der Waals surface area contributed by atoms with E-state index in [9.17, 15) is 9.59 Å². The predicted octanol–water partition coefficient (Wildman–Crippen LogP) is 4.45. The minimum Gasteiger partial charge on any atom is -0.478 e. The lowest BCUT2D eigenvalue weighted by Crippen LogP contribution is -2.29. The highest BCUT2D eigenvalue weighted by Crippen LogP contribution is 2.40. The van der Waals surface area contributed by atoms with Gasteiger partial charge in [0.25, 0.3) is 5.91 Å². The van der Waals surface area contributed by atoms with Crippen LogP contribution in [0.15, 0.2) is 54.7 Å². The molecule has 1 unspecified atom stereocenters. The molecule has 2 N–H and O–H groups in total. The Morgan fingerprint density at radius 3 is 2.52 bits per heavy atom. The molecule has 1 aromatic heterocycles. The topological polar surface area (TPSA) is 98.7 Å². The van der Waals surface area contributed by atoms with Crippen LogP contribution in [0.4, 0.5) is 28.8 Å². The van der Waals surface area contributed by atoms with Crippen molar-refractivity contribution < 1.29 is 14.7 Å². The number of aromatic nitrogens is 2. The van der Waals surface area contributed by atoms with E-state index in [1.54, 1.807) is 30.3 Å². The molecule has 0 saturated carbocycles. The number of rotatable bonds is 5. The summed E-state index contributed by atoms with van der Waals surface area (Å²) in [6, 6.07) is 14.0. The number of carboxylic acids is 1. The summed E-state index contributed by atoms with van der Waals surface area (Å²) in [6.45, 7) is 4.18. The Hall–Kier alpha value is -3.94. The zero-order valence-electron chi connectivity index (χ0n) is 17.5. The first-order valence-corrected chi connectivity index (χ1v) is 10.0. The van der Waals surface area contributed by atoms with Crippen LogP contribution in [0.3, 0.4) is 0 Å². The van der Waals surface area contributed by atoms with Gasteiger partial charge in [0.05, 0.1) is 23.0 Å². The molecule has 1 amide bonds. The van der Waals surface area contributed by atoms with E-state index in [4.69, 9.17) is 10.1 Å². The van der Waals surface area contributed by atoms with Crippen molar-refractivity contribution in [3.05, 3.63) is 65.9 Å². The van der Waals surface area contributed by atoms with E-state index in [0.29, 0.717) is 28.7 Å². The van der Waals surface area contributed by atoms with Crippen LogP contribution in [-0.4, -0.2) is 40.0 Å². The Bertz CT molecular complexity index is 1150. The molecule has 0 fully saturated rings. The minimum atomic E-state index is -0.983. The third-order valence-corrected chi connectivity index (χ3v) is 5.46. The van der Waals surface area contributed by atoms with Gasteiger partial charge in [0, 0.05) is 18.8 Å². The van der Waals surface area contributed by atoms with Gasteiger partial charge in [-0.25, -0.2) is 9.78 Å². The number of hydrogen-bond donors (Lipinski definition) is 2. The molecule has 1 aliphatic heterocycles. The molecule has 2 aromatic carbocycles. The van der Waals surface area contributed by atoms with E-state index in [1.165, 1.54) is 12.1 Å². The van der Waals surface area contributed by atoms with Gasteiger partial charge in [0.15, 0.2) is 5.82 Å². The summed E-state index contributed by atoms with van der Waals surface area (Å²) < 4.78 is 0. The van der Waals surface area contributed by atoms with Gasteiger partial charge in [0.1, 0.15) is 5.69 Å². The van der Waals surface area contributed by atoms with E-state index >= 15 is 0 Å². The fourth-order valence-electron chi connectivity index (χ4n) is 3.56. The fourth-order valence-corrected chi connectivity index (χ4v) is 3.56. The van der Waals surface area contributed by atoms with Crippen LogP contribution >= 0.6 is 0 Å². The minimum absolute atomic E-state index is 0.0943. The Kier molecular flexibility index (Phi) is 5.29. The molecule has 2 heterocycles. The molecule has 1 atom stereocenters. The SMILES string of the molecule is CCC(C)N1c2ccccc2C(=O)N(C)c2cnc(Nc3ccc(C(=O)O)cc3)nc21. The van der Waals surface area contributed by atoms with Gasteiger partial charge in [-0.2, -0.15) is 4.98 Å². The molecule has 0 radical (unpaired) electrons. The largest absolute Gasteiger partial charge is 0.478 e. The molecule has 0 aliphatic carbocycles. The predicted molar refractivity (Wildman–Crippen MR) is 120 cm³/mol. The summed E-state index contributed by atoms with van der Waals surface area (Å²) in [7, 11) is 1.72. The summed E-state index contributed by atoms with van der Waals surface area (Å²) in [5.74, 6) is -0.107. The van der Waals surface area contributed by atoms with Crippen LogP contribution in [0, 0.1) is 0 Å². The van der Waals surface area contributed by atoms with Crippen LogP contribution in [0.5, 0.6) is 0 Å². The molecule has 158 valence electrons. The van der Waals surface area contributed by atoms with Crippen molar-refractivity contribution in [2.75, 3.05) is 22.2 Å². The van der Waals surface area contributed by atoms with Gasteiger partial charge in [-0.1, -0.05) is 19.1 Å². The van der Waals surface area contributed by atoms with Crippen LogP contribution in [0.25, 0.3) is 0 Å². The molecule has 8 heteroatoms. The zero-order valence-corrected chi connectivity index (χ0v) is 17.5. The summed E-state index contributed by atoms with van der Waals surface area (Å²) in [6.07, 6.45) is 2.49. The number of carboxylic acid groups (broad SMARTS) is 1. The molecule has 0 bridgehead atoms. The van der Waals surface area contributed by atoms with Crippen molar-refractivity contribution >= 4 is 40.7 Å². The van der Waals surface area contributed by atoms with Crippen molar-refractivity contribution in [1.29, 1.82) is 0 Å². The second-order valence-electron chi connectivity index (χ2n) is 7.42. The number of fused-ring (bicyclic) bond motifs is 2. The number of amides is 1. The average Bonchev–Trinajstić information content (AvgIpc) is 2.87. The number of nitrogens with one attached hydrogen (secondary N) is 1. The van der Waals surface area contributed by atoms with E-state index < -0.39 is 5.97 Å². The summed E-state index contributed by atoms with van der Waals surface area (Å²) in [4.78, 5) is 37.0. The van der Waals surface area contributed by atoms with Gasteiger partial charge < -0.3 is 20.2 Å². The summed E-state index contributed by atoms with van der Waals surface area (Å²) in [5.41, 5.74) is 2.91. The first-order chi connectivity index (χ1) is 14.9. The van der Waals surface area contributed by atoms with E-state index in [0.717, 1.165) is 12.1 Å². The zero-order chi connectivity index (χ0) is 22.1. The Balaban J connectivity index is 1.79. The lowest BCUT2D eigenvalue weighted by molar-refractivity contribution is 0.0696. The van der Waals surface area contributed by atoms with Crippen LogP contribution < -0.4 is 15.1 Å². The third kappa shape index (κ3) is 3.68. The second kappa shape index (κ2) is 8.06. The van der Waals surface area contributed by atoms with Crippen molar-refractivity contribution in [2.24, 2.45) is 0 Å². The number of anilines is 5. The number of aromatic carboxylic acids is 1. The summed E-state index contributed by atoms with van der Waals surface area (Å²) in [5, 5.41) is 12.2. The van der Waals surface area contributed by atoms with Crippen LogP contribution in [-0.2, 0) is 0 Å². The molecule has 8 nitrogen and oxygen atoms in total. The maximum Gasteiger partial charge on any atom is 0.335 e. The molecular formula is C23H23N5O3. The van der Waals surface area contributed by atoms with Crippen LogP contribution in [0.2, 0.25) is 0 Å². The lowest BCUT2D eigenvalue weighted by atomic mass is 10.1. The van der Waals surface area contributed by atoms with Crippen LogP contribution in [0.1, 0.15) is 41.0 Å².